The highest BCUT2D eigenvalue weighted by Gasteiger charge is 2.13. The summed E-state index contributed by atoms with van der Waals surface area (Å²) in [6.07, 6.45) is 7.78. The molecule has 2 aromatic rings. The van der Waals surface area contributed by atoms with Crippen LogP contribution in [0.2, 0.25) is 0 Å². The van der Waals surface area contributed by atoms with Gasteiger partial charge in [-0.3, -0.25) is 10.1 Å². The maximum absolute atomic E-state index is 12.0. The zero-order chi connectivity index (χ0) is 19.8. The number of rotatable bonds is 7. The summed E-state index contributed by atoms with van der Waals surface area (Å²) in [5, 5.41) is 17.1. The van der Waals surface area contributed by atoms with Crippen molar-refractivity contribution in [1.82, 2.24) is 30.8 Å². The van der Waals surface area contributed by atoms with Gasteiger partial charge in [0.25, 0.3) is 0 Å². The number of urea groups is 1. The maximum Gasteiger partial charge on any atom is 0.321 e. The summed E-state index contributed by atoms with van der Waals surface area (Å²) >= 11 is 1.18. The molecule has 9 heteroatoms. The van der Waals surface area contributed by atoms with Gasteiger partial charge in [0.05, 0.1) is 11.4 Å². The summed E-state index contributed by atoms with van der Waals surface area (Å²) in [7, 11) is 0. The highest BCUT2D eigenvalue weighted by Crippen LogP contribution is 2.19. The Hall–Kier alpha value is -2.68. The molecule has 0 radical (unpaired) electrons. The predicted molar refractivity (Wildman–Crippen MR) is 107 cm³/mol. The number of hydrogen-bond donors (Lipinski definition) is 2. The zero-order valence-electron chi connectivity index (χ0n) is 15.9. The van der Waals surface area contributed by atoms with Crippen LogP contribution >= 0.6 is 11.8 Å². The topological polar surface area (TPSA) is 102 Å². The van der Waals surface area contributed by atoms with Crippen LogP contribution in [0.4, 0.5) is 4.79 Å². The molecule has 148 valence electrons. The highest BCUT2D eigenvalue weighted by molar-refractivity contribution is 7.99. The molecule has 0 saturated heterocycles. The predicted octanol–water partition coefficient (Wildman–Crippen LogP) is 2.78. The number of carbonyl (C=O) groups is 2. The van der Waals surface area contributed by atoms with E-state index in [4.69, 9.17) is 0 Å². The standard InChI is InChI=1S/C19H24N6O2S/c1-14-7-9-16(10-8-14)25-19(22-23-24-25)28-13-17(26)21-18(27)20-12-11-15-5-3-2-4-6-15/h5,7-10H,2-4,6,11-13H2,1H3,(H2,20,21,26,27). The van der Waals surface area contributed by atoms with Gasteiger partial charge in [0.15, 0.2) is 0 Å². The van der Waals surface area contributed by atoms with E-state index in [-0.39, 0.29) is 5.75 Å². The third kappa shape index (κ3) is 5.91. The van der Waals surface area contributed by atoms with E-state index >= 15 is 0 Å². The first-order chi connectivity index (χ1) is 13.6. The molecule has 1 aromatic carbocycles. The summed E-state index contributed by atoms with van der Waals surface area (Å²) < 4.78 is 1.56. The average Bonchev–Trinajstić information content (AvgIpc) is 3.16. The Morgan fingerprint density at radius 3 is 2.79 bits per heavy atom. The Morgan fingerprint density at radius 2 is 2.04 bits per heavy atom. The number of allylic oxidation sites excluding steroid dienone is 1. The first-order valence-corrected chi connectivity index (χ1v) is 10.3. The van der Waals surface area contributed by atoms with E-state index in [0.717, 1.165) is 30.5 Å². The van der Waals surface area contributed by atoms with Crippen LogP contribution < -0.4 is 10.6 Å². The van der Waals surface area contributed by atoms with Crippen LogP contribution in [0.15, 0.2) is 41.1 Å². The zero-order valence-corrected chi connectivity index (χ0v) is 16.7. The maximum atomic E-state index is 12.0. The molecule has 1 heterocycles. The number of aryl methyl sites for hydroxylation is 1. The van der Waals surface area contributed by atoms with Gasteiger partial charge < -0.3 is 5.32 Å². The van der Waals surface area contributed by atoms with Crippen LogP contribution in [0.1, 0.15) is 37.7 Å². The molecule has 0 unspecified atom stereocenters. The van der Waals surface area contributed by atoms with Crippen LogP contribution in [0, 0.1) is 6.92 Å². The molecule has 2 N–H and O–H groups in total. The number of amides is 3. The molecule has 0 saturated carbocycles. The summed E-state index contributed by atoms with van der Waals surface area (Å²) in [4.78, 5) is 23.9. The van der Waals surface area contributed by atoms with E-state index in [9.17, 15) is 9.59 Å². The van der Waals surface area contributed by atoms with Crippen LogP contribution in [0.3, 0.4) is 0 Å². The second-order valence-electron chi connectivity index (χ2n) is 6.66. The third-order valence-electron chi connectivity index (χ3n) is 4.42. The summed E-state index contributed by atoms with van der Waals surface area (Å²) in [5.74, 6) is -0.344. The van der Waals surface area contributed by atoms with Gasteiger partial charge in [-0.15, -0.1) is 5.10 Å². The lowest BCUT2D eigenvalue weighted by atomic mass is 9.97. The number of nitrogens with one attached hydrogen (secondary N) is 2. The van der Waals surface area contributed by atoms with Gasteiger partial charge >= 0.3 is 6.03 Å². The van der Waals surface area contributed by atoms with Crippen molar-refractivity contribution in [3.05, 3.63) is 41.5 Å². The number of aromatic nitrogens is 4. The molecule has 0 fully saturated rings. The highest BCUT2D eigenvalue weighted by atomic mass is 32.2. The van der Waals surface area contributed by atoms with Crippen molar-refractivity contribution in [3.8, 4) is 5.69 Å². The lowest BCUT2D eigenvalue weighted by Gasteiger charge is -2.13. The minimum atomic E-state index is -0.472. The van der Waals surface area contributed by atoms with Crippen molar-refractivity contribution < 1.29 is 9.59 Å². The minimum absolute atomic E-state index is 0.0464. The van der Waals surface area contributed by atoms with Crippen molar-refractivity contribution >= 4 is 23.7 Å². The molecule has 0 atom stereocenters. The molecular weight excluding hydrogens is 376 g/mol. The number of thioether (sulfide) groups is 1. The quantitative estimate of drug-likeness (QED) is 0.547. The van der Waals surface area contributed by atoms with Gasteiger partial charge in [-0.2, -0.15) is 4.68 Å². The van der Waals surface area contributed by atoms with E-state index in [0.29, 0.717) is 11.7 Å². The van der Waals surface area contributed by atoms with Gasteiger partial charge in [0, 0.05) is 6.54 Å². The lowest BCUT2D eigenvalue weighted by molar-refractivity contribution is -0.117. The van der Waals surface area contributed by atoms with Crippen LogP contribution in [-0.2, 0) is 4.79 Å². The van der Waals surface area contributed by atoms with Gasteiger partial charge in [-0.1, -0.05) is 41.1 Å². The number of carbonyl (C=O) groups excluding carboxylic acids is 2. The van der Waals surface area contributed by atoms with Crippen LogP contribution in [-0.4, -0.2) is 44.4 Å². The third-order valence-corrected chi connectivity index (χ3v) is 5.34. The molecule has 28 heavy (non-hydrogen) atoms. The number of nitrogens with zero attached hydrogens (tertiary/aromatic N) is 4. The van der Waals surface area contributed by atoms with Crippen molar-refractivity contribution in [1.29, 1.82) is 0 Å². The molecule has 0 bridgehead atoms. The fourth-order valence-corrected chi connectivity index (χ4v) is 3.61. The van der Waals surface area contributed by atoms with E-state index in [1.165, 1.54) is 30.2 Å². The first-order valence-electron chi connectivity index (χ1n) is 9.35. The smallest absolute Gasteiger partial charge is 0.321 e. The minimum Gasteiger partial charge on any atom is -0.337 e. The SMILES string of the molecule is Cc1ccc(-n2nnnc2SCC(=O)NC(=O)NCCC2=CCCCC2)cc1. The number of imide groups is 1. The molecule has 0 aliphatic heterocycles. The van der Waals surface area contributed by atoms with Gasteiger partial charge in [-0.25, -0.2) is 4.79 Å². The van der Waals surface area contributed by atoms with Gasteiger partial charge in [0.1, 0.15) is 0 Å². The van der Waals surface area contributed by atoms with Crippen molar-refractivity contribution in [2.75, 3.05) is 12.3 Å². The van der Waals surface area contributed by atoms with Crippen molar-refractivity contribution in [2.45, 2.75) is 44.2 Å². The number of tetrazole rings is 1. The van der Waals surface area contributed by atoms with Crippen LogP contribution in [0.5, 0.6) is 0 Å². The molecular formula is C19H24N6O2S. The monoisotopic (exact) mass is 400 g/mol. The summed E-state index contributed by atoms with van der Waals surface area (Å²) in [5.41, 5.74) is 3.33. The van der Waals surface area contributed by atoms with Crippen molar-refractivity contribution in [2.24, 2.45) is 0 Å². The fraction of sp³-hybridized carbons (Fsp3) is 0.421. The fourth-order valence-electron chi connectivity index (χ4n) is 2.92. The molecule has 8 nitrogen and oxygen atoms in total. The Bertz CT molecular complexity index is 846. The Morgan fingerprint density at radius 1 is 1.21 bits per heavy atom. The van der Waals surface area contributed by atoms with E-state index in [1.54, 1.807) is 4.68 Å². The largest absolute Gasteiger partial charge is 0.337 e. The number of hydrogen-bond acceptors (Lipinski definition) is 6. The van der Waals surface area contributed by atoms with E-state index in [2.05, 4.69) is 32.2 Å². The average molecular weight is 401 g/mol. The molecule has 0 spiro atoms. The lowest BCUT2D eigenvalue weighted by Crippen LogP contribution is -2.40. The van der Waals surface area contributed by atoms with Crippen LogP contribution in [0.25, 0.3) is 5.69 Å². The first kappa shape index (κ1) is 20.1. The summed E-state index contributed by atoms with van der Waals surface area (Å²) in [6, 6.07) is 7.27. The Kier molecular flexibility index (Phi) is 7.18. The Labute approximate surface area is 168 Å². The Balaban J connectivity index is 1.42. The molecule has 3 amide bonds. The van der Waals surface area contributed by atoms with Gasteiger partial charge in [0.2, 0.25) is 11.1 Å². The molecule has 1 aliphatic rings. The van der Waals surface area contributed by atoms with Gasteiger partial charge in [-0.05, 0) is 61.6 Å². The molecule has 3 rings (SSSR count). The summed E-state index contributed by atoms with van der Waals surface area (Å²) in [6.45, 7) is 2.53. The normalized spacial score (nSPS) is 13.7. The second-order valence-corrected chi connectivity index (χ2v) is 7.60. The number of benzene rings is 1. The van der Waals surface area contributed by atoms with E-state index < -0.39 is 11.9 Å². The van der Waals surface area contributed by atoms with Crippen molar-refractivity contribution in [3.63, 3.8) is 0 Å². The second kappa shape index (κ2) is 10.0. The molecule has 1 aliphatic carbocycles. The molecule has 1 aromatic heterocycles. The van der Waals surface area contributed by atoms with E-state index in [1.807, 2.05) is 31.2 Å².